The third kappa shape index (κ3) is 6.12. The first-order chi connectivity index (χ1) is 13.9. The Hall–Kier alpha value is -3.25. The fraction of sp³-hybridized carbons (Fsp3) is 0.250. The first-order valence-electron chi connectivity index (χ1n) is 8.62. The maximum absolute atomic E-state index is 12.4. The highest BCUT2D eigenvalue weighted by atomic mass is 79.9. The van der Waals surface area contributed by atoms with Crippen molar-refractivity contribution in [3.8, 4) is 23.3 Å². The van der Waals surface area contributed by atoms with Crippen LogP contribution < -0.4 is 24.8 Å². The lowest BCUT2D eigenvalue weighted by atomic mass is 10.2. The van der Waals surface area contributed by atoms with Gasteiger partial charge in [-0.2, -0.15) is 5.26 Å². The second-order valence-corrected chi connectivity index (χ2v) is 6.61. The molecule has 29 heavy (non-hydrogen) atoms. The second kappa shape index (κ2) is 10.3. The molecule has 8 nitrogen and oxygen atoms in total. The van der Waals surface area contributed by atoms with Gasteiger partial charge in [0, 0.05) is 19.1 Å². The maximum atomic E-state index is 12.4. The molecule has 0 aliphatic heterocycles. The smallest absolute Gasteiger partial charge is 0.262 e. The number of carbonyl (C=O) groups excluding carboxylic acids is 2. The Morgan fingerprint density at radius 2 is 1.90 bits per heavy atom. The quantitative estimate of drug-likeness (QED) is 0.619. The molecule has 152 valence electrons. The molecule has 2 rings (SSSR count). The molecule has 2 amide bonds. The van der Waals surface area contributed by atoms with Gasteiger partial charge in [-0.15, -0.1) is 0 Å². The third-order valence-electron chi connectivity index (χ3n) is 3.60. The van der Waals surface area contributed by atoms with Gasteiger partial charge < -0.3 is 24.8 Å². The van der Waals surface area contributed by atoms with Crippen LogP contribution in [0, 0.1) is 11.3 Å². The van der Waals surface area contributed by atoms with E-state index in [9.17, 15) is 9.59 Å². The number of anilines is 2. The van der Waals surface area contributed by atoms with Crippen molar-refractivity contribution in [3.63, 3.8) is 0 Å². The average molecular weight is 462 g/mol. The minimum atomic E-state index is -0.455. The summed E-state index contributed by atoms with van der Waals surface area (Å²) in [5, 5.41) is 14.4. The molecule has 9 heteroatoms. The molecule has 2 aromatic rings. The highest BCUT2D eigenvalue weighted by Crippen LogP contribution is 2.37. The van der Waals surface area contributed by atoms with Crippen LogP contribution in [0.15, 0.2) is 34.8 Å². The molecule has 0 bridgehead atoms. The predicted molar refractivity (Wildman–Crippen MR) is 111 cm³/mol. The minimum absolute atomic E-state index is 0.273. The van der Waals surface area contributed by atoms with Crippen LogP contribution >= 0.6 is 15.9 Å². The van der Waals surface area contributed by atoms with Crippen LogP contribution in [0.3, 0.4) is 0 Å². The van der Waals surface area contributed by atoms with Crippen LogP contribution in [-0.4, -0.2) is 32.1 Å². The SMILES string of the molecule is CCOc1cc(C#N)cc(Br)c1OCC(=O)Nc1cc(OC)ccc1NC(C)=O. The van der Waals surface area contributed by atoms with Crippen LogP contribution in [0.1, 0.15) is 19.4 Å². The number of amides is 2. The van der Waals surface area contributed by atoms with E-state index in [0.717, 1.165) is 0 Å². The van der Waals surface area contributed by atoms with Gasteiger partial charge in [-0.3, -0.25) is 9.59 Å². The van der Waals surface area contributed by atoms with Gasteiger partial charge >= 0.3 is 0 Å². The van der Waals surface area contributed by atoms with Crippen molar-refractivity contribution in [1.82, 2.24) is 0 Å². The van der Waals surface area contributed by atoms with Crippen molar-refractivity contribution in [1.29, 1.82) is 5.26 Å². The van der Waals surface area contributed by atoms with Gasteiger partial charge in [0.05, 0.1) is 41.2 Å². The number of nitrogens with one attached hydrogen (secondary N) is 2. The van der Waals surface area contributed by atoms with E-state index in [1.807, 2.05) is 6.07 Å². The number of nitrogens with zero attached hydrogens (tertiary/aromatic N) is 1. The molecule has 0 saturated heterocycles. The summed E-state index contributed by atoms with van der Waals surface area (Å²) in [5.41, 5.74) is 1.20. The highest BCUT2D eigenvalue weighted by molar-refractivity contribution is 9.10. The Morgan fingerprint density at radius 1 is 1.14 bits per heavy atom. The second-order valence-electron chi connectivity index (χ2n) is 5.76. The normalized spacial score (nSPS) is 9.90. The van der Waals surface area contributed by atoms with E-state index in [1.54, 1.807) is 37.3 Å². The largest absolute Gasteiger partial charge is 0.497 e. The lowest BCUT2D eigenvalue weighted by molar-refractivity contribution is -0.118. The van der Waals surface area contributed by atoms with Crippen molar-refractivity contribution < 1.29 is 23.8 Å². The Kier molecular flexibility index (Phi) is 7.86. The van der Waals surface area contributed by atoms with Gasteiger partial charge in [-0.05, 0) is 41.1 Å². The number of methoxy groups -OCH3 is 1. The van der Waals surface area contributed by atoms with Crippen molar-refractivity contribution >= 4 is 39.1 Å². The Morgan fingerprint density at radius 3 is 2.52 bits per heavy atom. The van der Waals surface area contributed by atoms with Crippen LogP contribution in [0.2, 0.25) is 0 Å². The van der Waals surface area contributed by atoms with E-state index in [2.05, 4.69) is 26.6 Å². The van der Waals surface area contributed by atoms with Crippen LogP contribution in [-0.2, 0) is 9.59 Å². The number of benzene rings is 2. The zero-order valence-electron chi connectivity index (χ0n) is 16.2. The van der Waals surface area contributed by atoms with E-state index < -0.39 is 5.91 Å². The van der Waals surface area contributed by atoms with Crippen molar-refractivity contribution in [2.24, 2.45) is 0 Å². The summed E-state index contributed by atoms with van der Waals surface area (Å²) < 4.78 is 16.8. The molecule has 0 fully saturated rings. The zero-order chi connectivity index (χ0) is 21.4. The van der Waals surface area contributed by atoms with Gasteiger partial charge in [0.25, 0.3) is 5.91 Å². The number of rotatable bonds is 8. The number of hydrogen-bond acceptors (Lipinski definition) is 6. The summed E-state index contributed by atoms with van der Waals surface area (Å²) in [6.07, 6.45) is 0. The van der Waals surface area contributed by atoms with E-state index in [1.165, 1.54) is 14.0 Å². The Labute approximate surface area is 176 Å². The summed E-state index contributed by atoms with van der Waals surface area (Å²) in [5.74, 6) is 0.456. The fourth-order valence-electron chi connectivity index (χ4n) is 2.41. The standard InChI is InChI=1S/C20H20BrN3O5/c1-4-28-18-8-13(10-22)7-15(21)20(18)29-11-19(26)24-17-9-14(27-3)5-6-16(17)23-12(2)25/h5-9H,4,11H2,1-3H3,(H,23,25)(H,24,26). The number of halogens is 1. The number of ether oxygens (including phenoxy) is 3. The molecule has 0 atom stereocenters. The van der Waals surface area contributed by atoms with Gasteiger partial charge in [0.15, 0.2) is 18.1 Å². The van der Waals surface area contributed by atoms with Crippen molar-refractivity contribution in [3.05, 3.63) is 40.4 Å². The van der Waals surface area contributed by atoms with Gasteiger partial charge in [0.1, 0.15) is 5.75 Å². The van der Waals surface area contributed by atoms with Crippen molar-refractivity contribution in [2.75, 3.05) is 31.0 Å². The molecule has 0 unspecified atom stereocenters. The highest BCUT2D eigenvalue weighted by Gasteiger charge is 2.15. The monoisotopic (exact) mass is 461 g/mol. The number of nitriles is 1. The number of carbonyl (C=O) groups is 2. The lowest BCUT2D eigenvalue weighted by Gasteiger charge is -2.15. The molecule has 0 aliphatic carbocycles. The molecule has 0 radical (unpaired) electrons. The molecule has 0 spiro atoms. The molecule has 0 aliphatic rings. The molecule has 0 heterocycles. The van der Waals surface area contributed by atoms with Crippen LogP contribution in [0.5, 0.6) is 17.2 Å². The lowest BCUT2D eigenvalue weighted by Crippen LogP contribution is -2.21. The van der Waals surface area contributed by atoms with E-state index in [-0.39, 0.29) is 12.5 Å². The molecule has 0 saturated carbocycles. The third-order valence-corrected chi connectivity index (χ3v) is 4.19. The summed E-state index contributed by atoms with van der Waals surface area (Å²) in [6, 6.07) is 10.0. The van der Waals surface area contributed by atoms with Gasteiger partial charge in [-0.25, -0.2) is 0 Å². The zero-order valence-corrected chi connectivity index (χ0v) is 17.8. The summed E-state index contributed by atoms with van der Waals surface area (Å²) >= 11 is 3.33. The Balaban J connectivity index is 2.17. The molecular formula is C20H20BrN3O5. The number of hydrogen-bond donors (Lipinski definition) is 2. The van der Waals surface area contributed by atoms with Crippen LogP contribution in [0.4, 0.5) is 11.4 Å². The van der Waals surface area contributed by atoms with Crippen LogP contribution in [0.25, 0.3) is 0 Å². The van der Waals surface area contributed by atoms with E-state index in [4.69, 9.17) is 19.5 Å². The van der Waals surface area contributed by atoms with E-state index >= 15 is 0 Å². The first kappa shape index (κ1) is 22.0. The Bertz CT molecular complexity index is 956. The molecule has 2 N–H and O–H groups in total. The molecule has 0 aromatic heterocycles. The maximum Gasteiger partial charge on any atom is 0.262 e. The van der Waals surface area contributed by atoms with Crippen molar-refractivity contribution in [2.45, 2.75) is 13.8 Å². The topological polar surface area (TPSA) is 110 Å². The first-order valence-corrected chi connectivity index (χ1v) is 9.42. The summed E-state index contributed by atoms with van der Waals surface area (Å²) in [7, 11) is 1.50. The fourth-order valence-corrected chi connectivity index (χ4v) is 2.97. The van der Waals surface area contributed by atoms with Gasteiger partial charge in [-0.1, -0.05) is 0 Å². The molecular weight excluding hydrogens is 442 g/mol. The minimum Gasteiger partial charge on any atom is -0.497 e. The van der Waals surface area contributed by atoms with Gasteiger partial charge in [0.2, 0.25) is 5.91 Å². The van der Waals surface area contributed by atoms with E-state index in [0.29, 0.717) is 45.3 Å². The summed E-state index contributed by atoms with van der Waals surface area (Å²) in [6.45, 7) is 3.22. The summed E-state index contributed by atoms with van der Waals surface area (Å²) in [4.78, 5) is 23.8. The predicted octanol–water partition coefficient (Wildman–Crippen LogP) is 3.70. The molecule has 2 aromatic carbocycles. The average Bonchev–Trinajstić information content (AvgIpc) is 2.68.